The lowest BCUT2D eigenvalue weighted by atomic mass is 10.2. The molecule has 0 saturated carbocycles. The topological polar surface area (TPSA) is 108 Å². The van der Waals surface area contributed by atoms with E-state index in [1.54, 1.807) is 17.0 Å². The Morgan fingerprint density at radius 3 is 2.56 bits per heavy atom. The minimum atomic E-state index is -0.675. The Morgan fingerprint density at radius 1 is 1.16 bits per heavy atom. The van der Waals surface area contributed by atoms with Crippen LogP contribution in [0.25, 0.3) is 0 Å². The molecule has 3 heterocycles. The fourth-order valence-corrected chi connectivity index (χ4v) is 4.63. The van der Waals surface area contributed by atoms with Crippen molar-refractivity contribution >= 4 is 34.7 Å². The van der Waals surface area contributed by atoms with Gasteiger partial charge >= 0.3 is 0 Å². The SMILES string of the molecule is C[C@H](C(=O)NCCN1C(=O)CSC1=O)N1CCN(C(=O)[C@@H]2COc3ccccc3O2)CC1. The zero-order valence-corrected chi connectivity index (χ0v) is 18.6. The van der Waals surface area contributed by atoms with E-state index in [0.29, 0.717) is 37.7 Å². The van der Waals surface area contributed by atoms with Crippen LogP contribution in [0.2, 0.25) is 0 Å². The third-order valence-corrected chi connectivity index (χ3v) is 6.67. The summed E-state index contributed by atoms with van der Waals surface area (Å²) in [6, 6.07) is 6.89. The Labute approximate surface area is 190 Å². The van der Waals surface area contributed by atoms with Crippen molar-refractivity contribution in [2.75, 3.05) is 51.6 Å². The first-order valence-corrected chi connectivity index (χ1v) is 11.6. The lowest BCUT2D eigenvalue weighted by Gasteiger charge is -2.39. The first-order chi connectivity index (χ1) is 15.4. The van der Waals surface area contributed by atoms with E-state index in [9.17, 15) is 19.2 Å². The monoisotopic (exact) mass is 462 g/mol. The summed E-state index contributed by atoms with van der Waals surface area (Å²) in [5, 5.41) is 2.52. The molecular weight excluding hydrogens is 436 g/mol. The van der Waals surface area contributed by atoms with Crippen molar-refractivity contribution in [2.45, 2.75) is 19.1 Å². The number of benzene rings is 1. The summed E-state index contributed by atoms with van der Waals surface area (Å²) in [5.41, 5.74) is 0. The van der Waals surface area contributed by atoms with Crippen molar-refractivity contribution in [1.82, 2.24) is 20.0 Å². The quantitative estimate of drug-likeness (QED) is 0.638. The van der Waals surface area contributed by atoms with E-state index in [1.165, 1.54) is 0 Å². The minimum absolute atomic E-state index is 0.117. The van der Waals surface area contributed by atoms with Crippen molar-refractivity contribution in [1.29, 1.82) is 0 Å². The average Bonchev–Trinajstić information content (AvgIpc) is 3.15. The number of fused-ring (bicyclic) bond motifs is 1. The van der Waals surface area contributed by atoms with Crippen LogP contribution >= 0.6 is 11.8 Å². The molecule has 0 aromatic heterocycles. The predicted molar refractivity (Wildman–Crippen MR) is 117 cm³/mol. The maximum atomic E-state index is 12.9. The van der Waals surface area contributed by atoms with Crippen LogP contribution in [-0.4, -0.2) is 101 Å². The predicted octanol–water partition coefficient (Wildman–Crippen LogP) is 0.171. The van der Waals surface area contributed by atoms with Crippen molar-refractivity contribution in [3.8, 4) is 11.5 Å². The Kier molecular flexibility index (Phi) is 6.85. The van der Waals surface area contributed by atoms with Gasteiger partial charge in [0.15, 0.2) is 11.5 Å². The number of nitrogens with one attached hydrogen (secondary N) is 1. The minimum Gasteiger partial charge on any atom is -0.485 e. The van der Waals surface area contributed by atoms with E-state index >= 15 is 0 Å². The molecule has 1 aromatic rings. The molecule has 1 aromatic carbocycles. The highest BCUT2D eigenvalue weighted by Crippen LogP contribution is 2.31. The summed E-state index contributed by atoms with van der Waals surface area (Å²) in [7, 11) is 0. The molecule has 172 valence electrons. The summed E-state index contributed by atoms with van der Waals surface area (Å²) >= 11 is 0.978. The van der Waals surface area contributed by atoms with Crippen LogP contribution in [0, 0.1) is 0 Å². The van der Waals surface area contributed by atoms with Crippen LogP contribution in [-0.2, 0) is 14.4 Å². The second kappa shape index (κ2) is 9.78. The number of hydrogen-bond acceptors (Lipinski definition) is 8. The Morgan fingerprint density at radius 2 is 1.88 bits per heavy atom. The molecule has 0 radical (unpaired) electrons. The highest BCUT2D eigenvalue weighted by Gasteiger charge is 2.34. The number of nitrogens with zero attached hydrogens (tertiary/aromatic N) is 3. The molecule has 4 rings (SSSR count). The number of hydrogen-bond donors (Lipinski definition) is 1. The maximum absolute atomic E-state index is 12.9. The van der Waals surface area contributed by atoms with Gasteiger partial charge in [0.2, 0.25) is 17.9 Å². The Hall–Kier alpha value is -2.79. The molecule has 2 atom stereocenters. The molecular formula is C21H26N4O6S. The van der Waals surface area contributed by atoms with Crippen LogP contribution in [0.1, 0.15) is 6.92 Å². The molecule has 4 amide bonds. The van der Waals surface area contributed by atoms with E-state index in [0.717, 1.165) is 16.7 Å². The van der Waals surface area contributed by atoms with Crippen molar-refractivity contribution < 1.29 is 28.7 Å². The number of para-hydroxylation sites is 2. The number of imide groups is 1. The van der Waals surface area contributed by atoms with E-state index in [-0.39, 0.29) is 54.5 Å². The first-order valence-electron chi connectivity index (χ1n) is 10.6. The van der Waals surface area contributed by atoms with Gasteiger partial charge in [-0.2, -0.15) is 0 Å². The lowest BCUT2D eigenvalue weighted by molar-refractivity contribution is -0.143. The van der Waals surface area contributed by atoms with Crippen LogP contribution in [0.15, 0.2) is 24.3 Å². The molecule has 2 fully saturated rings. The standard InChI is InChI=1S/C21H26N4O6S/c1-14(19(27)22-6-7-25-18(26)13-32-21(25)29)23-8-10-24(11-9-23)20(28)17-12-30-15-4-2-3-5-16(15)31-17/h2-5,14,17H,6-13H2,1H3,(H,22,27)/t14-,17+/m1/s1. The number of carbonyl (C=O) groups excluding carboxylic acids is 4. The smallest absolute Gasteiger partial charge is 0.288 e. The van der Waals surface area contributed by atoms with Crippen molar-refractivity contribution in [2.24, 2.45) is 0 Å². The maximum Gasteiger partial charge on any atom is 0.288 e. The van der Waals surface area contributed by atoms with Gasteiger partial charge in [-0.25, -0.2) is 0 Å². The number of thioether (sulfide) groups is 1. The highest BCUT2D eigenvalue weighted by molar-refractivity contribution is 8.14. The number of carbonyl (C=O) groups is 4. The molecule has 2 saturated heterocycles. The van der Waals surface area contributed by atoms with E-state index in [2.05, 4.69) is 5.32 Å². The molecule has 10 nitrogen and oxygen atoms in total. The summed E-state index contributed by atoms with van der Waals surface area (Å²) in [6.45, 7) is 4.49. The molecule has 0 bridgehead atoms. The van der Waals surface area contributed by atoms with Gasteiger partial charge in [0.05, 0.1) is 11.8 Å². The van der Waals surface area contributed by atoms with Gasteiger partial charge in [-0.15, -0.1) is 0 Å². The van der Waals surface area contributed by atoms with Gasteiger partial charge in [0.25, 0.3) is 11.1 Å². The number of amides is 4. The normalized spacial score (nSPS) is 22.1. The van der Waals surface area contributed by atoms with E-state index in [4.69, 9.17) is 9.47 Å². The van der Waals surface area contributed by atoms with Crippen molar-refractivity contribution in [3.05, 3.63) is 24.3 Å². The molecule has 11 heteroatoms. The number of rotatable bonds is 6. The van der Waals surface area contributed by atoms with Crippen LogP contribution in [0.3, 0.4) is 0 Å². The van der Waals surface area contributed by atoms with Crippen LogP contribution in [0.4, 0.5) is 4.79 Å². The van der Waals surface area contributed by atoms with Gasteiger partial charge in [0.1, 0.15) is 6.61 Å². The molecule has 3 aliphatic heterocycles. The fourth-order valence-electron chi connectivity index (χ4n) is 3.88. The molecule has 32 heavy (non-hydrogen) atoms. The third kappa shape index (κ3) is 4.83. The van der Waals surface area contributed by atoms with Crippen molar-refractivity contribution in [3.63, 3.8) is 0 Å². The Balaban J connectivity index is 1.21. The lowest BCUT2D eigenvalue weighted by Crippen LogP contribution is -2.57. The summed E-state index contributed by atoms with van der Waals surface area (Å²) in [5.74, 6) is 0.858. The van der Waals surface area contributed by atoms with Gasteiger partial charge in [-0.1, -0.05) is 23.9 Å². The molecule has 0 aliphatic carbocycles. The van der Waals surface area contributed by atoms with E-state index < -0.39 is 6.10 Å². The summed E-state index contributed by atoms with van der Waals surface area (Å²) in [4.78, 5) is 53.5. The summed E-state index contributed by atoms with van der Waals surface area (Å²) in [6.07, 6.45) is -0.675. The number of ether oxygens (including phenoxy) is 2. The van der Waals surface area contributed by atoms with Crippen LogP contribution < -0.4 is 14.8 Å². The molecule has 0 spiro atoms. The summed E-state index contributed by atoms with van der Waals surface area (Å²) < 4.78 is 11.5. The average molecular weight is 463 g/mol. The van der Waals surface area contributed by atoms with Crippen LogP contribution in [0.5, 0.6) is 11.5 Å². The molecule has 3 aliphatic rings. The Bertz CT molecular complexity index is 888. The fraction of sp³-hybridized carbons (Fsp3) is 0.524. The second-order valence-corrected chi connectivity index (χ2v) is 8.72. The van der Waals surface area contributed by atoms with E-state index in [1.807, 2.05) is 24.0 Å². The van der Waals surface area contributed by atoms with Gasteiger partial charge in [0, 0.05) is 39.3 Å². The van der Waals surface area contributed by atoms with Gasteiger partial charge in [-0.3, -0.25) is 29.0 Å². The number of piperazine rings is 1. The molecule has 0 unspecified atom stereocenters. The third-order valence-electron chi connectivity index (χ3n) is 5.81. The second-order valence-electron chi connectivity index (χ2n) is 7.79. The van der Waals surface area contributed by atoms with Gasteiger partial charge < -0.3 is 19.7 Å². The zero-order chi connectivity index (χ0) is 22.7. The zero-order valence-electron chi connectivity index (χ0n) is 17.8. The highest BCUT2D eigenvalue weighted by atomic mass is 32.2. The molecule has 1 N–H and O–H groups in total. The van der Waals surface area contributed by atoms with Gasteiger partial charge in [-0.05, 0) is 19.1 Å². The largest absolute Gasteiger partial charge is 0.485 e. The first kappa shape index (κ1) is 22.4.